The highest BCUT2D eigenvalue weighted by Crippen LogP contribution is 2.22. The summed E-state index contributed by atoms with van der Waals surface area (Å²) in [6.45, 7) is 1.69. The molecule has 2 N–H and O–H groups in total. The Labute approximate surface area is 116 Å². The fourth-order valence-electron chi connectivity index (χ4n) is 1.94. The summed E-state index contributed by atoms with van der Waals surface area (Å²) >= 11 is 5.72. The molecule has 1 unspecified atom stereocenters. The van der Waals surface area contributed by atoms with Gasteiger partial charge in [-0.3, -0.25) is 0 Å². The normalized spacial score (nSPS) is 12.5. The summed E-state index contributed by atoms with van der Waals surface area (Å²) < 4.78 is 26.2. The van der Waals surface area contributed by atoms with Crippen LogP contribution in [0.4, 0.5) is 8.78 Å². The van der Waals surface area contributed by atoms with E-state index in [-0.39, 0.29) is 16.9 Å². The van der Waals surface area contributed by atoms with Gasteiger partial charge in [-0.25, -0.2) is 8.78 Å². The summed E-state index contributed by atoms with van der Waals surface area (Å²) in [4.78, 5) is 0. The van der Waals surface area contributed by atoms with E-state index in [0.29, 0.717) is 12.0 Å². The van der Waals surface area contributed by atoms with Crippen molar-refractivity contribution in [2.75, 3.05) is 0 Å². The van der Waals surface area contributed by atoms with Gasteiger partial charge in [0.25, 0.3) is 0 Å². The van der Waals surface area contributed by atoms with Crippen molar-refractivity contribution < 1.29 is 8.78 Å². The van der Waals surface area contributed by atoms with Crippen molar-refractivity contribution in [1.29, 1.82) is 0 Å². The van der Waals surface area contributed by atoms with Gasteiger partial charge in [0, 0.05) is 6.04 Å². The molecule has 0 heterocycles. The van der Waals surface area contributed by atoms with Crippen molar-refractivity contribution in [3.8, 4) is 0 Å². The van der Waals surface area contributed by atoms with E-state index >= 15 is 0 Å². The number of hydrogen-bond acceptors (Lipinski definition) is 1. The molecular weight excluding hydrogens is 268 g/mol. The lowest BCUT2D eigenvalue weighted by Crippen LogP contribution is -2.13. The number of hydrogen-bond donors (Lipinski definition) is 1. The molecule has 1 nitrogen and oxygen atoms in total. The van der Waals surface area contributed by atoms with Gasteiger partial charge in [0.2, 0.25) is 0 Å². The van der Waals surface area contributed by atoms with Gasteiger partial charge >= 0.3 is 0 Å². The summed E-state index contributed by atoms with van der Waals surface area (Å²) in [6, 6.07) is 9.05. The number of benzene rings is 2. The van der Waals surface area contributed by atoms with Gasteiger partial charge in [-0.2, -0.15) is 0 Å². The van der Waals surface area contributed by atoms with Gasteiger partial charge in [0.05, 0.1) is 5.02 Å². The smallest absolute Gasteiger partial charge is 0.141 e. The second-order valence-corrected chi connectivity index (χ2v) is 4.97. The highest BCUT2D eigenvalue weighted by Gasteiger charge is 2.10. The molecule has 0 saturated carbocycles. The van der Waals surface area contributed by atoms with Crippen LogP contribution in [-0.2, 0) is 6.42 Å². The van der Waals surface area contributed by atoms with Crippen LogP contribution in [0.5, 0.6) is 0 Å². The molecule has 2 aromatic rings. The molecule has 100 valence electrons. The molecule has 0 aliphatic carbocycles. The van der Waals surface area contributed by atoms with E-state index in [9.17, 15) is 8.78 Å². The third-order valence-corrected chi connectivity index (χ3v) is 3.34. The van der Waals surface area contributed by atoms with Crippen molar-refractivity contribution >= 4 is 11.6 Å². The zero-order valence-corrected chi connectivity index (χ0v) is 11.2. The van der Waals surface area contributed by atoms with Gasteiger partial charge in [0.15, 0.2) is 0 Å². The largest absolute Gasteiger partial charge is 0.324 e. The van der Waals surface area contributed by atoms with Crippen molar-refractivity contribution in [2.45, 2.75) is 19.4 Å². The van der Waals surface area contributed by atoms with Crippen LogP contribution in [0.15, 0.2) is 36.4 Å². The van der Waals surface area contributed by atoms with E-state index in [2.05, 4.69) is 0 Å². The molecule has 0 radical (unpaired) electrons. The maximum Gasteiger partial charge on any atom is 0.141 e. The fraction of sp³-hybridized carbons (Fsp3) is 0.200. The molecule has 0 fully saturated rings. The van der Waals surface area contributed by atoms with Gasteiger partial charge in [-0.1, -0.05) is 29.8 Å². The lowest BCUT2D eigenvalue weighted by molar-refractivity contribution is 0.614. The number of aryl methyl sites for hydroxylation is 1. The molecule has 0 spiro atoms. The molecule has 0 aliphatic rings. The minimum absolute atomic E-state index is 0.0833. The zero-order valence-electron chi connectivity index (χ0n) is 10.5. The van der Waals surface area contributed by atoms with E-state index in [0.717, 1.165) is 11.1 Å². The first-order valence-corrected chi connectivity index (χ1v) is 6.30. The van der Waals surface area contributed by atoms with Crippen LogP contribution in [0.25, 0.3) is 0 Å². The van der Waals surface area contributed by atoms with Crippen LogP contribution in [-0.4, -0.2) is 0 Å². The van der Waals surface area contributed by atoms with Crippen LogP contribution in [0, 0.1) is 18.6 Å². The molecule has 2 aromatic carbocycles. The maximum absolute atomic E-state index is 13.2. The van der Waals surface area contributed by atoms with Crippen molar-refractivity contribution in [2.24, 2.45) is 5.73 Å². The number of halogens is 3. The van der Waals surface area contributed by atoms with Gasteiger partial charge in [0.1, 0.15) is 11.6 Å². The summed E-state index contributed by atoms with van der Waals surface area (Å²) in [5, 5.41) is 0.0833. The van der Waals surface area contributed by atoms with Gasteiger partial charge in [-0.05, 0) is 48.2 Å². The maximum atomic E-state index is 13.2. The minimum Gasteiger partial charge on any atom is -0.324 e. The molecule has 0 bridgehead atoms. The minimum atomic E-state index is -0.448. The highest BCUT2D eigenvalue weighted by molar-refractivity contribution is 6.30. The third kappa shape index (κ3) is 3.31. The van der Waals surface area contributed by atoms with E-state index in [1.807, 2.05) is 0 Å². The molecule has 0 amide bonds. The van der Waals surface area contributed by atoms with Crippen molar-refractivity contribution in [3.63, 3.8) is 0 Å². The predicted octanol–water partition coefficient (Wildman–Crippen LogP) is 4.17. The van der Waals surface area contributed by atoms with Crippen LogP contribution in [0.3, 0.4) is 0 Å². The van der Waals surface area contributed by atoms with E-state index in [1.54, 1.807) is 31.2 Å². The molecule has 0 aliphatic heterocycles. The standard InChI is InChI=1S/C15H14ClF2N/c1-9-6-11(3-5-13(9)17)15(19)8-10-2-4-14(18)12(16)7-10/h2-7,15H,8,19H2,1H3. The Morgan fingerprint density at radius 1 is 1.11 bits per heavy atom. The zero-order chi connectivity index (χ0) is 14.0. The number of nitrogens with two attached hydrogens (primary N) is 1. The van der Waals surface area contributed by atoms with Gasteiger partial charge in [-0.15, -0.1) is 0 Å². The third-order valence-electron chi connectivity index (χ3n) is 3.05. The Hall–Kier alpha value is -1.45. The van der Waals surface area contributed by atoms with E-state index in [4.69, 9.17) is 17.3 Å². The molecular formula is C15H14ClF2N. The quantitative estimate of drug-likeness (QED) is 0.898. The Bertz CT molecular complexity index is 599. The lowest BCUT2D eigenvalue weighted by atomic mass is 9.98. The highest BCUT2D eigenvalue weighted by atomic mass is 35.5. The van der Waals surface area contributed by atoms with Crippen LogP contribution < -0.4 is 5.73 Å². The molecule has 0 aromatic heterocycles. The Morgan fingerprint density at radius 3 is 2.42 bits per heavy atom. The second kappa shape index (κ2) is 5.68. The summed E-state index contributed by atoms with van der Waals surface area (Å²) in [6.07, 6.45) is 0.519. The molecule has 1 atom stereocenters. The molecule has 0 saturated heterocycles. The first-order chi connectivity index (χ1) is 8.97. The molecule has 4 heteroatoms. The van der Waals surface area contributed by atoms with E-state index < -0.39 is 5.82 Å². The Morgan fingerprint density at radius 2 is 1.79 bits per heavy atom. The number of rotatable bonds is 3. The van der Waals surface area contributed by atoms with E-state index in [1.165, 1.54) is 12.1 Å². The van der Waals surface area contributed by atoms with Crippen LogP contribution in [0.2, 0.25) is 5.02 Å². The molecule has 2 rings (SSSR count). The monoisotopic (exact) mass is 281 g/mol. The SMILES string of the molecule is Cc1cc(C(N)Cc2ccc(F)c(Cl)c2)ccc1F. The average Bonchev–Trinajstić information content (AvgIpc) is 2.37. The topological polar surface area (TPSA) is 26.0 Å². The summed E-state index contributed by atoms with van der Waals surface area (Å²) in [5.41, 5.74) is 8.33. The summed E-state index contributed by atoms with van der Waals surface area (Å²) in [7, 11) is 0. The molecule has 19 heavy (non-hydrogen) atoms. The second-order valence-electron chi connectivity index (χ2n) is 4.57. The predicted molar refractivity (Wildman–Crippen MR) is 73.2 cm³/mol. The fourth-order valence-corrected chi connectivity index (χ4v) is 2.14. The first kappa shape index (κ1) is 14.0. The first-order valence-electron chi connectivity index (χ1n) is 5.93. The van der Waals surface area contributed by atoms with Crippen molar-refractivity contribution in [3.05, 3.63) is 69.7 Å². The summed E-state index contributed by atoms with van der Waals surface area (Å²) in [5.74, 6) is -0.697. The Kier molecular flexibility index (Phi) is 4.17. The van der Waals surface area contributed by atoms with Crippen LogP contribution >= 0.6 is 11.6 Å². The van der Waals surface area contributed by atoms with Crippen molar-refractivity contribution in [1.82, 2.24) is 0 Å². The van der Waals surface area contributed by atoms with Crippen LogP contribution in [0.1, 0.15) is 22.7 Å². The average molecular weight is 282 g/mol. The Balaban J connectivity index is 2.17. The lowest BCUT2D eigenvalue weighted by Gasteiger charge is -2.13. The van der Waals surface area contributed by atoms with Gasteiger partial charge < -0.3 is 5.73 Å².